The second kappa shape index (κ2) is 4.90. The number of hydrogen-bond donors (Lipinski definition) is 2. The smallest absolute Gasteiger partial charge is 0.422 e. The Morgan fingerprint density at radius 2 is 1.89 bits per heavy atom. The number of carbonyl (C=O) groups excluding carboxylic acids is 1. The predicted molar refractivity (Wildman–Crippen MR) is 56.3 cm³/mol. The molecule has 2 rings (SSSR count). The van der Waals surface area contributed by atoms with Crippen LogP contribution in [0.15, 0.2) is 0 Å². The topological polar surface area (TPSA) is 75.6 Å². The van der Waals surface area contributed by atoms with Gasteiger partial charge in [0.1, 0.15) is 0 Å². The second-order valence-electron chi connectivity index (χ2n) is 5.06. The van der Waals surface area contributed by atoms with Crippen LogP contribution < -0.4 is 5.32 Å². The van der Waals surface area contributed by atoms with Crippen molar-refractivity contribution in [3.63, 3.8) is 0 Å². The van der Waals surface area contributed by atoms with Crippen molar-refractivity contribution >= 4 is 12.1 Å². The van der Waals surface area contributed by atoms with Crippen LogP contribution in [-0.2, 0) is 9.53 Å². The highest BCUT2D eigenvalue weighted by Crippen LogP contribution is 2.48. The van der Waals surface area contributed by atoms with Crippen molar-refractivity contribution in [2.24, 2.45) is 17.8 Å². The van der Waals surface area contributed by atoms with E-state index in [1.54, 1.807) is 0 Å². The van der Waals surface area contributed by atoms with Crippen molar-refractivity contribution in [3.8, 4) is 0 Å². The first-order valence-corrected chi connectivity index (χ1v) is 6.01. The molecule has 2 aliphatic rings. The molecule has 1 amide bonds. The van der Waals surface area contributed by atoms with E-state index in [1.165, 1.54) is 0 Å². The van der Waals surface area contributed by atoms with Gasteiger partial charge in [-0.2, -0.15) is 13.2 Å². The molecule has 108 valence electrons. The van der Waals surface area contributed by atoms with Crippen molar-refractivity contribution in [2.75, 3.05) is 6.61 Å². The fourth-order valence-corrected chi connectivity index (χ4v) is 3.18. The molecular formula is C11H14F3NO4. The molecule has 2 N–H and O–H groups in total. The predicted octanol–water partition coefficient (Wildman–Crippen LogP) is 1.77. The van der Waals surface area contributed by atoms with Crippen LogP contribution in [0.2, 0.25) is 0 Å². The number of hydrogen-bond acceptors (Lipinski definition) is 3. The number of amides is 1. The summed E-state index contributed by atoms with van der Waals surface area (Å²) in [4.78, 5) is 22.4. The number of carbonyl (C=O) groups is 2. The molecule has 0 aromatic carbocycles. The van der Waals surface area contributed by atoms with E-state index in [-0.39, 0.29) is 11.8 Å². The second-order valence-corrected chi connectivity index (χ2v) is 5.06. The Morgan fingerprint density at radius 3 is 2.47 bits per heavy atom. The van der Waals surface area contributed by atoms with Gasteiger partial charge < -0.3 is 15.2 Å². The first kappa shape index (κ1) is 14.0. The maximum atomic E-state index is 11.9. The molecule has 0 aliphatic heterocycles. The van der Waals surface area contributed by atoms with E-state index >= 15 is 0 Å². The van der Waals surface area contributed by atoms with E-state index in [1.807, 2.05) is 0 Å². The van der Waals surface area contributed by atoms with Gasteiger partial charge in [-0.3, -0.25) is 4.79 Å². The van der Waals surface area contributed by atoms with Gasteiger partial charge in [0.25, 0.3) is 0 Å². The van der Waals surface area contributed by atoms with E-state index in [9.17, 15) is 22.8 Å². The Kier molecular flexibility index (Phi) is 3.60. The van der Waals surface area contributed by atoms with Gasteiger partial charge in [0.05, 0.1) is 5.92 Å². The minimum Gasteiger partial charge on any atom is -0.481 e. The summed E-state index contributed by atoms with van der Waals surface area (Å²) in [6.45, 7) is -1.67. The SMILES string of the molecule is O=C(NC1C2CCC(C2)C1C(=O)O)OCC(F)(F)F. The van der Waals surface area contributed by atoms with Crippen LogP contribution in [0.5, 0.6) is 0 Å². The number of nitrogens with one attached hydrogen (secondary N) is 1. The van der Waals surface area contributed by atoms with Crippen LogP contribution >= 0.6 is 0 Å². The van der Waals surface area contributed by atoms with Gasteiger partial charge in [-0.25, -0.2) is 4.79 Å². The van der Waals surface area contributed by atoms with E-state index in [0.29, 0.717) is 6.42 Å². The highest BCUT2D eigenvalue weighted by Gasteiger charge is 2.51. The summed E-state index contributed by atoms with van der Waals surface area (Å²) >= 11 is 0. The average molecular weight is 281 g/mol. The zero-order chi connectivity index (χ0) is 14.2. The number of carboxylic acid groups (broad SMARTS) is 1. The molecule has 0 aromatic heterocycles. The van der Waals surface area contributed by atoms with Gasteiger partial charge in [0.2, 0.25) is 0 Å². The Balaban J connectivity index is 1.91. The monoisotopic (exact) mass is 281 g/mol. The largest absolute Gasteiger partial charge is 0.481 e. The Morgan fingerprint density at radius 1 is 1.26 bits per heavy atom. The molecular weight excluding hydrogens is 267 g/mol. The van der Waals surface area contributed by atoms with Gasteiger partial charge >= 0.3 is 18.2 Å². The van der Waals surface area contributed by atoms with Crippen molar-refractivity contribution in [1.29, 1.82) is 0 Å². The molecule has 19 heavy (non-hydrogen) atoms. The molecule has 2 bridgehead atoms. The molecule has 8 heteroatoms. The lowest BCUT2D eigenvalue weighted by Crippen LogP contribution is -2.47. The van der Waals surface area contributed by atoms with E-state index in [4.69, 9.17) is 5.11 Å². The summed E-state index contributed by atoms with van der Waals surface area (Å²) in [5, 5.41) is 11.4. The number of alkyl carbamates (subject to hydrolysis) is 1. The fraction of sp³-hybridized carbons (Fsp3) is 0.818. The molecule has 2 saturated carbocycles. The first-order chi connectivity index (χ1) is 8.78. The molecule has 2 aliphatic carbocycles. The van der Waals surface area contributed by atoms with Gasteiger partial charge in [0.15, 0.2) is 6.61 Å². The number of alkyl halides is 3. The molecule has 0 radical (unpaired) electrons. The molecule has 4 atom stereocenters. The Labute approximate surface area is 107 Å². The maximum Gasteiger partial charge on any atom is 0.422 e. The minimum absolute atomic E-state index is 0.00424. The average Bonchev–Trinajstić information content (AvgIpc) is 2.85. The minimum atomic E-state index is -4.59. The van der Waals surface area contributed by atoms with Crippen molar-refractivity contribution in [1.82, 2.24) is 5.32 Å². The number of ether oxygens (including phenoxy) is 1. The number of halogens is 3. The van der Waals surface area contributed by atoms with Crippen molar-refractivity contribution in [3.05, 3.63) is 0 Å². The summed E-state index contributed by atoms with van der Waals surface area (Å²) < 4.78 is 39.7. The standard InChI is InChI=1S/C11H14F3NO4/c12-11(13,14)4-19-10(18)15-8-6-2-1-5(3-6)7(8)9(16)17/h5-8H,1-4H2,(H,15,18)(H,16,17). The van der Waals surface area contributed by atoms with Crippen molar-refractivity contribution in [2.45, 2.75) is 31.5 Å². The van der Waals surface area contributed by atoms with Crippen LogP contribution in [0.1, 0.15) is 19.3 Å². The summed E-state index contributed by atoms with van der Waals surface area (Å²) in [6.07, 6.45) is -3.52. The molecule has 4 unspecified atom stereocenters. The summed E-state index contributed by atoms with van der Waals surface area (Å²) in [6, 6.07) is -0.628. The number of fused-ring (bicyclic) bond motifs is 2. The third kappa shape index (κ3) is 3.10. The quantitative estimate of drug-likeness (QED) is 0.826. The zero-order valence-electron chi connectivity index (χ0n) is 9.94. The zero-order valence-corrected chi connectivity index (χ0v) is 9.94. The molecule has 0 spiro atoms. The van der Waals surface area contributed by atoms with Crippen LogP contribution in [0.25, 0.3) is 0 Å². The van der Waals surface area contributed by atoms with E-state index < -0.39 is 36.8 Å². The lowest BCUT2D eigenvalue weighted by atomic mass is 9.84. The highest BCUT2D eigenvalue weighted by atomic mass is 19.4. The number of aliphatic carboxylic acids is 1. The van der Waals surface area contributed by atoms with Crippen LogP contribution in [0.4, 0.5) is 18.0 Å². The maximum absolute atomic E-state index is 11.9. The Hall–Kier alpha value is -1.47. The third-order valence-corrected chi connectivity index (χ3v) is 3.85. The van der Waals surface area contributed by atoms with E-state index in [0.717, 1.165) is 12.8 Å². The number of carboxylic acids is 1. The van der Waals surface area contributed by atoms with Crippen LogP contribution in [0, 0.1) is 17.8 Å². The summed E-state index contributed by atoms with van der Waals surface area (Å²) in [5.41, 5.74) is 0. The molecule has 5 nitrogen and oxygen atoms in total. The lowest BCUT2D eigenvalue weighted by molar-refractivity contribution is -0.161. The lowest BCUT2D eigenvalue weighted by Gasteiger charge is -2.28. The molecule has 2 fully saturated rings. The molecule has 0 aromatic rings. The fourth-order valence-electron chi connectivity index (χ4n) is 3.18. The highest BCUT2D eigenvalue weighted by molar-refractivity contribution is 5.74. The number of rotatable bonds is 3. The molecule has 0 saturated heterocycles. The van der Waals surface area contributed by atoms with Gasteiger partial charge in [-0.05, 0) is 31.1 Å². The van der Waals surface area contributed by atoms with Crippen LogP contribution in [-0.4, -0.2) is 36.0 Å². The third-order valence-electron chi connectivity index (χ3n) is 3.85. The summed E-state index contributed by atoms with van der Waals surface area (Å²) in [5.74, 6) is -1.73. The van der Waals surface area contributed by atoms with Gasteiger partial charge in [-0.15, -0.1) is 0 Å². The first-order valence-electron chi connectivity index (χ1n) is 6.01. The Bertz CT molecular complexity index is 385. The van der Waals surface area contributed by atoms with E-state index in [2.05, 4.69) is 10.1 Å². The van der Waals surface area contributed by atoms with Crippen molar-refractivity contribution < 1.29 is 32.6 Å². The van der Waals surface area contributed by atoms with Gasteiger partial charge in [0, 0.05) is 6.04 Å². The molecule has 0 heterocycles. The van der Waals surface area contributed by atoms with Gasteiger partial charge in [-0.1, -0.05) is 0 Å². The van der Waals surface area contributed by atoms with Crippen LogP contribution in [0.3, 0.4) is 0 Å². The normalized spacial score (nSPS) is 33.2. The summed E-state index contributed by atoms with van der Waals surface area (Å²) in [7, 11) is 0.